The van der Waals surface area contributed by atoms with Gasteiger partial charge in [-0.1, -0.05) is 0 Å². The van der Waals surface area contributed by atoms with Gasteiger partial charge in [-0.15, -0.1) is 0 Å². The Morgan fingerprint density at radius 2 is 1.00 bits per heavy atom. The maximum absolute atomic E-state index is 0. The molecule has 4 heavy (non-hydrogen) atoms. The molecular formula is ClFeKNa+3. The summed E-state index contributed by atoms with van der Waals surface area (Å²) in [7, 11) is 0. The van der Waals surface area contributed by atoms with Crippen molar-refractivity contribution in [1.82, 2.24) is 0 Å². The molecule has 0 heterocycles. The topological polar surface area (TPSA) is 0 Å². The summed E-state index contributed by atoms with van der Waals surface area (Å²) in [6.07, 6.45) is 0. The van der Waals surface area contributed by atoms with Crippen LogP contribution < -0.4 is 93.3 Å². The maximum Gasteiger partial charge on any atom is 2.00 e. The van der Waals surface area contributed by atoms with Gasteiger partial charge in [0.1, 0.15) is 0 Å². The van der Waals surface area contributed by atoms with Gasteiger partial charge in [0.15, 0.2) is 0 Å². The summed E-state index contributed by atoms with van der Waals surface area (Å²) in [5.74, 6) is 0. The van der Waals surface area contributed by atoms with Gasteiger partial charge in [0.2, 0.25) is 0 Å². The average Bonchev–Trinajstić information content (AvgIpc) is 0. The molecule has 0 radical (unpaired) electrons. The minimum Gasteiger partial charge on any atom is -1.00 e. The van der Waals surface area contributed by atoms with Crippen LogP contribution in [0.15, 0.2) is 0 Å². The van der Waals surface area contributed by atoms with Gasteiger partial charge in [-0.3, -0.25) is 0 Å². The largest absolute Gasteiger partial charge is 2.00 e. The predicted octanol–water partition coefficient (Wildman–Crippen LogP) is -8.99. The minimum absolute atomic E-state index is 0. The molecule has 0 aromatic rings. The number of rotatable bonds is 0. The van der Waals surface area contributed by atoms with Crippen LogP contribution in [0.5, 0.6) is 0 Å². The fraction of sp³-hybridized carbons (Fsp3) is 0. The minimum atomic E-state index is 0. The fourth-order valence-corrected chi connectivity index (χ4v) is 0. The molecule has 4 heteroatoms. The third-order valence-corrected chi connectivity index (χ3v) is 0. The Morgan fingerprint density at radius 3 is 1.00 bits per heavy atom. The van der Waals surface area contributed by atoms with Gasteiger partial charge in [-0.25, -0.2) is 0 Å². The van der Waals surface area contributed by atoms with Crippen molar-refractivity contribution < 1.29 is 110 Å². The molecule has 0 bridgehead atoms. The van der Waals surface area contributed by atoms with Crippen molar-refractivity contribution in [3.05, 3.63) is 0 Å². The second-order valence-electron chi connectivity index (χ2n) is 0. The molecule has 0 aromatic heterocycles. The Labute approximate surface area is 107 Å². The molecule has 0 fully saturated rings. The van der Waals surface area contributed by atoms with E-state index in [1.54, 1.807) is 0 Å². The van der Waals surface area contributed by atoms with Crippen molar-refractivity contribution in [3.63, 3.8) is 0 Å². The van der Waals surface area contributed by atoms with Crippen molar-refractivity contribution in [2.24, 2.45) is 0 Å². The first-order valence-corrected chi connectivity index (χ1v) is 0. The van der Waals surface area contributed by atoms with Crippen LogP contribution in [0.3, 0.4) is 0 Å². The standard InChI is InChI=1S/ClH.Fe.K.Na/h1H;;;/q;+2;2*+1/p-1. The Morgan fingerprint density at radius 1 is 1.00 bits per heavy atom. The molecular weight excluding hydrogens is 153 g/mol. The van der Waals surface area contributed by atoms with Crippen molar-refractivity contribution >= 4 is 0 Å². The van der Waals surface area contributed by atoms with E-state index in [9.17, 15) is 0 Å². The average molecular weight is 153 g/mol. The summed E-state index contributed by atoms with van der Waals surface area (Å²) in [5.41, 5.74) is 0. The van der Waals surface area contributed by atoms with Crippen LogP contribution in [-0.2, 0) is 17.1 Å². The first kappa shape index (κ1) is 26.1. The molecule has 0 unspecified atom stereocenters. The molecule has 0 atom stereocenters. The molecule has 0 spiro atoms. The summed E-state index contributed by atoms with van der Waals surface area (Å²) in [4.78, 5) is 0. The van der Waals surface area contributed by atoms with Gasteiger partial charge in [-0.05, 0) is 0 Å². The number of halogens is 1. The number of hydrogen-bond acceptors (Lipinski definition) is 0. The van der Waals surface area contributed by atoms with E-state index in [2.05, 4.69) is 0 Å². The van der Waals surface area contributed by atoms with Crippen LogP contribution in [0.4, 0.5) is 0 Å². The monoisotopic (exact) mass is 153 g/mol. The molecule has 0 saturated carbocycles. The Kier molecular flexibility index (Phi) is 105. The fourth-order valence-electron chi connectivity index (χ4n) is 0. The predicted molar refractivity (Wildman–Crippen MR) is 0 cm³/mol. The molecule has 0 aliphatic carbocycles. The van der Waals surface area contributed by atoms with E-state index in [1.165, 1.54) is 0 Å². The van der Waals surface area contributed by atoms with Gasteiger partial charge < -0.3 is 12.4 Å². The van der Waals surface area contributed by atoms with Gasteiger partial charge in [-0.2, -0.15) is 0 Å². The third-order valence-electron chi connectivity index (χ3n) is 0. The van der Waals surface area contributed by atoms with Crippen LogP contribution >= 0.6 is 0 Å². The van der Waals surface area contributed by atoms with Gasteiger partial charge >= 0.3 is 98.0 Å². The van der Waals surface area contributed by atoms with Gasteiger partial charge in [0.25, 0.3) is 0 Å². The van der Waals surface area contributed by atoms with Crippen molar-refractivity contribution in [2.45, 2.75) is 0 Å². The summed E-state index contributed by atoms with van der Waals surface area (Å²) in [6, 6.07) is 0. The van der Waals surface area contributed by atoms with E-state index in [4.69, 9.17) is 0 Å². The normalized spacial score (nSPS) is 0. The molecule has 0 aliphatic heterocycles. The van der Waals surface area contributed by atoms with Crippen molar-refractivity contribution in [3.8, 4) is 0 Å². The van der Waals surface area contributed by atoms with E-state index in [-0.39, 0.29) is 110 Å². The third kappa shape index (κ3) is 9.07. The molecule has 0 amide bonds. The quantitative estimate of drug-likeness (QED) is 0.303. The molecule has 14 valence electrons. The van der Waals surface area contributed by atoms with E-state index in [0.717, 1.165) is 0 Å². The zero-order chi connectivity index (χ0) is 0. The van der Waals surface area contributed by atoms with Crippen LogP contribution in [0.2, 0.25) is 0 Å². The maximum atomic E-state index is 0. The van der Waals surface area contributed by atoms with Crippen molar-refractivity contribution in [1.29, 1.82) is 0 Å². The molecule has 0 rings (SSSR count). The van der Waals surface area contributed by atoms with Crippen molar-refractivity contribution in [2.75, 3.05) is 0 Å². The van der Waals surface area contributed by atoms with Crippen LogP contribution in [0.1, 0.15) is 0 Å². The zero-order valence-corrected chi connectivity index (χ0v) is 9.71. The number of hydrogen-bond donors (Lipinski definition) is 0. The van der Waals surface area contributed by atoms with Crippen LogP contribution in [0.25, 0.3) is 0 Å². The zero-order valence-electron chi connectivity index (χ0n) is 2.73. The molecule has 0 aliphatic rings. The van der Waals surface area contributed by atoms with E-state index >= 15 is 0 Å². The second-order valence-corrected chi connectivity index (χ2v) is 0. The Balaban J connectivity index is 0. The van der Waals surface area contributed by atoms with E-state index < -0.39 is 0 Å². The van der Waals surface area contributed by atoms with Gasteiger partial charge in [0, 0.05) is 0 Å². The first-order valence-electron chi connectivity index (χ1n) is 0. The first-order chi connectivity index (χ1) is 0. The molecule has 0 N–H and O–H groups in total. The summed E-state index contributed by atoms with van der Waals surface area (Å²) < 4.78 is 0. The summed E-state index contributed by atoms with van der Waals surface area (Å²) in [5, 5.41) is 0. The van der Waals surface area contributed by atoms with E-state index in [1.807, 2.05) is 0 Å². The smallest absolute Gasteiger partial charge is 1.00 e. The Bertz CT molecular complexity index is 8.00. The van der Waals surface area contributed by atoms with Crippen LogP contribution in [0, 0.1) is 0 Å². The summed E-state index contributed by atoms with van der Waals surface area (Å²) >= 11 is 0. The van der Waals surface area contributed by atoms with Crippen LogP contribution in [-0.4, -0.2) is 0 Å². The SMILES string of the molecule is [Cl-].[Fe+2].[K+].[Na+]. The Hall–Kier alpha value is 3.45. The summed E-state index contributed by atoms with van der Waals surface area (Å²) in [6.45, 7) is 0. The molecule has 0 aromatic carbocycles. The van der Waals surface area contributed by atoms with Gasteiger partial charge in [0.05, 0.1) is 0 Å². The van der Waals surface area contributed by atoms with E-state index in [0.29, 0.717) is 0 Å². The second kappa shape index (κ2) is 16.1. The molecule has 0 saturated heterocycles. The molecule has 0 nitrogen and oxygen atoms in total.